The van der Waals surface area contributed by atoms with Gasteiger partial charge in [0.05, 0.1) is 5.41 Å². The molecule has 3 N–H and O–H groups in total. The van der Waals surface area contributed by atoms with Gasteiger partial charge in [-0.15, -0.1) is 12.4 Å². The van der Waals surface area contributed by atoms with Gasteiger partial charge in [0.2, 0.25) is 5.91 Å². The van der Waals surface area contributed by atoms with E-state index in [9.17, 15) is 9.18 Å². The van der Waals surface area contributed by atoms with Gasteiger partial charge in [0, 0.05) is 18.5 Å². The fourth-order valence-electron chi connectivity index (χ4n) is 2.91. The van der Waals surface area contributed by atoms with Gasteiger partial charge in [0.1, 0.15) is 5.82 Å². The molecule has 0 heterocycles. The Morgan fingerprint density at radius 2 is 1.82 bits per heavy atom. The molecule has 1 fully saturated rings. The molecule has 0 spiro atoms. The molecule has 0 aromatic heterocycles. The van der Waals surface area contributed by atoms with Gasteiger partial charge in [0.25, 0.3) is 0 Å². The van der Waals surface area contributed by atoms with Crippen molar-refractivity contribution in [3.8, 4) is 0 Å². The summed E-state index contributed by atoms with van der Waals surface area (Å²) in [6, 6.07) is 6.62. The first-order chi connectivity index (χ1) is 10.0. The smallest absolute Gasteiger partial charge is 0.227 e. The molecule has 0 bridgehead atoms. The van der Waals surface area contributed by atoms with Crippen molar-refractivity contribution in [3.63, 3.8) is 0 Å². The lowest BCUT2D eigenvalue weighted by atomic mass is 9.81. The molecule has 5 heteroatoms. The summed E-state index contributed by atoms with van der Waals surface area (Å²) in [4.78, 5) is 12.5. The Balaban J connectivity index is 0.00000242. The highest BCUT2D eigenvalue weighted by molar-refractivity contribution is 5.85. The highest BCUT2D eigenvalue weighted by Crippen LogP contribution is 2.47. The summed E-state index contributed by atoms with van der Waals surface area (Å²) in [6.07, 6.45) is 3.56. The lowest BCUT2D eigenvalue weighted by Gasteiger charge is -2.29. The van der Waals surface area contributed by atoms with Gasteiger partial charge < -0.3 is 11.1 Å². The summed E-state index contributed by atoms with van der Waals surface area (Å²) in [5.41, 5.74) is 6.45. The van der Waals surface area contributed by atoms with Crippen LogP contribution in [-0.2, 0) is 10.2 Å². The summed E-state index contributed by atoms with van der Waals surface area (Å²) in [5.74, 6) is -0.180. The fraction of sp³-hybridized carbons (Fsp3) is 0.588. The maximum absolute atomic E-state index is 13.0. The number of carbonyl (C=O) groups excluding carboxylic acids is 1. The van der Waals surface area contributed by atoms with E-state index in [4.69, 9.17) is 5.73 Å². The van der Waals surface area contributed by atoms with Crippen molar-refractivity contribution in [2.24, 2.45) is 11.1 Å². The van der Waals surface area contributed by atoms with E-state index in [0.29, 0.717) is 13.1 Å². The SMILES string of the molecule is CCC(CC)(CN)C(=O)NCC1(c2ccc(F)cc2)CC1.Cl. The highest BCUT2D eigenvalue weighted by Gasteiger charge is 2.45. The van der Waals surface area contributed by atoms with Crippen molar-refractivity contribution in [2.45, 2.75) is 44.9 Å². The summed E-state index contributed by atoms with van der Waals surface area (Å²) in [6.45, 7) is 4.99. The minimum Gasteiger partial charge on any atom is -0.355 e. The van der Waals surface area contributed by atoms with Gasteiger partial charge >= 0.3 is 0 Å². The number of nitrogens with one attached hydrogen (secondary N) is 1. The number of benzene rings is 1. The topological polar surface area (TPSA) is 55.1 Å². The van der Waals surface area contributed by atoms with Gasteiger partial charge in [-0.3, -0.25) is 4.79 Å². The zero-order valence-electron chi connectivity index (χ0n) is 13.3. The quantitative estimate of drug-likeness (QED) is 0.807. The maximum atomic E-state index is 13.0. The molecule has 124 valence electrons. The van der Waals surface area contributed by atoms with Crippen LogP contribution in [0.5, 0.6) is 0 Å². The molecule has 1 amide bonds. The van der Waals surface area contributed by atoms with Crippen LogP contribution in [0.1, 0.15) is 45.1 Å². The molecule has 1 aliphatic carbocycles. The maximum Gasteiger partial charge on any atom is 0.227 e. The van der Waals surface area contributed by atoms with Crippen molar-refractivity contribution in [2.75, 3.05) is 13.1 Å². The van der Waals surface area contributed by atoms with Crippen molar-refractivity contribution in [1.82, 2.24) is 5.32 Å². The van der Waals surface area contributed by atoms with E-state index < -0.39 is 5.41 Å². The molecular weight excluding hydrogens is 303 g/mol. The van der Waals surface area contributed by atoms with Crippen LogP contribution in [0.4, 0.5) is 4.39 Å². The molecule has 1 saturated carbocycles. The minimum atomic E-state index is -0.459. The standard InChI is InChI=1S/C17H25FN2O.ClH/c1-3-16(4-2,11-19)15(21)20-12-17(9-10-17)13-5-7-14(18)8-6-13;/h5-8H,3-4,9-12,19H2,1-2H3,(H,20,21);1H. The van der Waals surface area contributed by atoms with Crippen LogP contribution in [-0.4, -0.2) is 19.0 Å². The number of carbonyl (C=O) groups is 1. The van der Waals surface area contributed by atoms with Crippen LogP contribution >= 0.6 is 12.4 Å². The van der Waals surface area contributed by atoms with Crippen LogP contribution in [0.3, 0.4) is 0 Å². The molecule has 0 aliphatic heterocycles. The van der Waals surface area contributed by atoms with E-state index in [0.717, 1.165) is 31.2 Å². The molecule has 0 atom stereocenters. The number of amides is 1. The molecule has 22 heavy (non-hydrogen) atoms. The fourth-order valence-corrected chi connectivity index (χ4v) is 2.91. The van der Waals surface area contributed by atoms with Gasteiger partial charge in [0.15, 0.2) is 0 Å². The highest BCUT2D eigenvalue weighted by atomic mass is 35.5. The molecular formula is C17H26ClFN2O. The monoisotopic (exact) mass is 328 g/mol. The van der Waals surface area contributed by atoms with E-state index in [1.165, 1.54) is 12.1 Å². The van der Waals surface area contributed by atoms with Crippen molar-refractivity contribution < 1.29 is 9.18 Å². The van der Waals surface area contributed by atoms with E-state index in [2.05, 4.69) is 5.32 Å². The first-order valence-electron chi connectivity index (χ1n) is 7.76. The summed E-state index contributed by atoms with van der Waals surface area (Å²) < 4.78 is 13.0. The molecule has 1 aliphatic rings. The number of hydrogen-bond donors (Lipinski definition) is 2. The van der Waals surface area contributed by atoms with Crippen LogP contribution in [0, 0.1) is 11.2 Å². The van der Waals surface area contributed by atoms with Gasteiger partial charge in [-0.05, 0) is 43.4 Å². The Hall–Kier alpha value is -1.13. The van der Waals surface area contributed by atoms with Gasteiger partial charge in [-0.1, -0.05) is 26.0 Å². The largest absolute Gasteiger partial charge is 0.355 e. The third-order valence-corrected chi connectivity index (χ3v) is 5.12. The first kappa shape index (κ1) is 18.9. The van der Waals surface area contributed by atoms with Crippen LogP contribution in [0.15, 0.2) is 24.3 Å². The van der Waals surface area contributed by atoms with Gasteiger partial charge in [-0.2, -0.15) is 0 Å². The third kappa shape index (κ3) is 3.61. The van der Waals surface area contributed by atoms with E-state index in [1.807, 2.05) is 26.0 Å². The van der Waals surface area contributed by atoms with E-state index in [1.54, 1.807) is 0 Å². The summed E-state index contributed by atoms with van der Waals surface area (Å²) >= 11 is 0. The Kier molecular flexibility index (Phi) is 6.38. The van der Waals surface area contributed by atoms with Crippen LogP contribution in [0.2, 0.25) is 0 Å². The Labute approximate surface area is 138 Å². The molecule has 0 radical (unpaired) electrons. The number of hydrogen-bond acceptors (Lipinski definition) is 2. The summed E-state index contributed by atoms with van der Waals surface area (Å²) in [7, 11) is 0. The first-order valence-corrected chi connectivity index (χ1v) is 7.76. The second-order valence-electron chi connectivity index (χ2n) is 6.16. The van der Waals surface area contributed by atoms with Crippen molar-refractivity contribution >= 4 is 18.3 Å². The minimum absolute atomic E-state index is 0. The third-order valence-electron chi connectivity index (χ3n) is 5.12. The molecule has 3 nitrogen and oxygen atoms in total. The summed E-state index contributed by atoms with van der Waals surface area (Å²) in [5, 5.41) is 3.08. The van der Waals surface area contributed by atoms with Crippen LogP contribution < -0.4 is 11.1 Å². The molecule has 1 aromatic carbocycles. The van der Waals surface area contributed by atoms with E-state index >= 15 is 0 Å². The Morgan fingerprint density at radius 1 is 1.27 bits per heavy atom. The predicted molar refractivity (Wildman–Crippen MR) is 89.6 cm³/mol. The second-order valence-corrected chi connectivity index (χ2v) is 6.16. The number of nitrogens with two attached hydrogens (primary N) is 1. The van der Waals surface area contributed by atoms with E-state index in [-0.39, 0.29) is 29.5 Å². The van der Waals surface area contributed by atoms with Crippen molar-refractivity contribution in [1.29, 1.82) is 0 Å². The normalized spacial score (nSPS) is 15.8. The zero-order valence-corrected chi connectivity index (χ0v) is 14.1. The molecule has 2 rings (SSSR count). The Morgan fingerprint density at radius 3 is 2.23 bits per heavy atom. The zero-order chi connectivity index (χ0) is 15.5. The Bertz CT molecular complexity index is 488. The number of rotatable bonds is 7. The average Bonchev–Trinajstić information content (AvgIpc) is 3.29. The molecule has 0 saturated heterocycles. The lowest BCUT2D eigenvalue weighted by molar-refractivity contribution is -0.131. The molecule has 1 aromatic rings. The van der Waals surface area contributed by atoms with Gasteiger partial charge in [-0.25, -0.2) is 4.39 Å². The van der Waals surface area contributed by atoms with Crippen LogP contribution in [0.25, 0.3) is 0 Å². The second kappa shape index (κ2) is 7.42. The molecule has 0 unspecified atom stereocenters. The average molecular weight is 329 g/mol. The lowest BCUT2D eigenvalue weighted by Crippen LogP contribution is -2.47. The van der Waals surface area contributed by atoms with Crippen molar-refractivity contribution in [3.05, 3.63) is 35.6 Å². The predicted octanol–water partition coefficient (Wildman–Crippen LogP) is 3.16. The number of halogens is 2.